The standard InChI is InChI=1S/C16H29NO3.C12H22O/c1-6-9-13-10-7-8-11-14(12(2)18)17(13)15(19)20-16(3,4)5;1-3-6-11-7-4-5-8-12(9-11)10(2)13/h13-14H,6-11H2,1-5H3;11-12H,3-9H2,1-2H3/t13-,14-;11-,12+/m11/s1. The van der Waals surface area contributed by atoms with Crippen LogP contribution < -0.4 is 0 Å². The van der Waals surface area contributed by atoms with Crippen LogP contribution in [0.3, 0.4) is 0 Å². The van der Waals surface area contributed by atoms with Crippen molar-refractivity contribution >= 4 is 17.7 Å². The molecule has 2 rings (SSSR count). The summed E-state index contributed by atoms with van der Waals surface area (Å²) in [5.74, 6) is 1.71. The molecule has 0 radical (unpaired) electrons. The lowest BCUT2D eigenvalue weighted by molar-refractivity contribution is -0.123. The molecule has 0 aromatic rings. The fraction of sp³-hybridized carbons (Fsp3) is 0.893. The van der Waals surface area contributed by atoms with Crippen molar-refractivity contribution in [2.24, 2.45) is 11.8 Å². The molecule has 0 unspecified atom stereocenters. The Morgan fingerprint density at radius 3 is 1.94 bits per heavy atom. The minimum atomic E-state index is -0.526. The molecule has 0 spiro atoms. The third-order valence-corrected chi connectivity index (χ3v) is 6.99. The minimum Gasteiger partial charge on any atom is -0.444 e. The molecule has 1 heterocycles. The van der Waals surface area contributed by atoms with Crippen LogP contribution in [-0.2, 0) is 14.3 Å². The molecule has 4 atom stereocenters. The highest BCUT2D eigenvalue weighted by Crippen LogP contribution is 2.31. The average molecular weight is 466 g/mol. The average Bonchev–Trinajstić information content (AvgIpc) is 3.06. The first-order valence-electron chi connectivity index (χ1n) is 13.5. The van der Waals surface area contributed by atoms with Crippen molar-refractivity contribution < 1.29 is 19.1 Å². The van der Waals surface area contributed by atoms with Gasteiger partial charge in [0.1, 0.15) is 11.4 Å². The van der Waals surface area contributed by atoms with E-state index in [9.17, 15) is 14.4 Å². The number of carbonyl (C=O) groups is 3. The molecule has 192 valence electrons. The van der Waals surface area contributed by atoms with Crippen molar-refractivity contribution in [3.63, 3.8) is 0 Å². The Morgan fingerprint density at radius 2 is 1.39 bits per heavy atom. The SMILES string of the molecule is CCC[C@@H]1CCCC[C@H](C(C)=O)C1.CCC[C@@H]1CCCC[C@H](C(C)=O)N1C(=O)OC(C)(C)C. The van der Waals surface area contributed by atoms with Crippen molar-refractivity contribution in [2.75, 3.05) is 0 Å². The highest BCUT2D eigenvalue weighted by molar-refractivity contribution is 5.85. The Balaban J connectivity index is 0.000000361. The molecule has 5 nitrogen and oxygen atoms in total. The van der Waals surface area contributed by atoms with Crippen LogP contribution >= 0.6 is 0 Å². The number of hydrogen-bond acceptors (Lipinski definition) is 4. The summed E-state index contributed by atoms with van der Waals surface area (Å²) in [6.45, 7) is 13.3. The van der Waals surface area contributed by atoms with Crippen molar-refractivity contribution in [3.05, 3.63) is 0 Å². The van der Waals surface area contributed by atoms with Crippen LogP contribution in [0.5, 0.6) is 0 Å². The minimum absolute atomic E-state index is 0.0684. The summed E-state index contributed by atoms with van der Waals surface area (Å²) < 4.78 is 5.52. The maximum Gasteiger partial charge on any atom is 0.411 e. The molecule has 0 N–H and O–H groups in total. The summed E-state index contributed by atoms with van der Waals surface area (Å²) in [5.41, 5.74) is -0.526. The zero-order valence-electron chi connectivity index (χ0n) is 22.6. The number of hydrogen-bond donors (Lipinski definition) is 0. The largest absolute Gasteiger partial charge is 0.444 e. The topological polar surface area (TPSA) is 63.7 Å². The third kappa shape index (κ3) is 11.1. The molecule has 0 bridgehead atoms. The molecule has 0 aromatic carbocycles. The summed E-state index contributed by atoms with van der Waals surface area (Å²) in [5, 5.41) is 0. The van der Waals surface area contributed by atoms with Gasteiger partial charge in [-0.1, -0.05) is 65.2 Å². The van der Waals surface area contributed by atoms with Crippen LogP contribution in [0.4, 0.5) is 4.79 Å². The Kier molecular flexibility index (Phi) is 13.3. The highest BCUT2D eigenvalue weighted by Gasteiger charge is 2.37. The number of nitrogens with zero attached hydrogens (tertiary/aromatic N) is 1. The second-order valence-corrected chi connectivity index (χ2v) is 11.2. The van der Waals surface area contributed by atoms with Crippen LogP contribution in [0.25, 0.3) is 0 Å². The number of rotatable bonds is 6. The van der Waals surface area contributed by atoms with Gasteiger partial charge in [-0.25, -0.2) is 4.79 Å². The van der Waals surface area contributed by atoms with Crippen LogP contribution in [0, 0.1) is 11.8 Å². The number of likely N-dealkylation sites (tertiary alicyclic amines) is 1. The molecule has 0 aromatic heterocycles. The van der Waals surface area contributed by atoms with Gasteiger partial charge in [-0.15, -0.1) is 0 Å². The number of amides is 1. The predicted octanol–water partition coefficient (Wildman–Crippen LogP) is 7.50. The van der Waals surface area contributed by atoms with E-state index in [0.717, 1.165) is 50.9 Å². The zero-order chi connectivity index (χ0) is 25.0. The molecule has 1 aliphatic carbocycles. The molecular formula is C28H51NO4. The second kappa shape index (κ2) is 14.8. The van der Waals surface area contributed by atoms with Crippen molar-refractivity contribution in [3.8, 4) is 0 Å². The van der Waals surface area contributed by atoms with Crippen LogP contribution in [0.1, 0.15) is 132 Å². The molecule has 1 saturated carbocycles. The van der Waals surface area contributed by atoms with Gasteiger partial charge in [0.25, 0.3) is 0 Å². The lowest BCUT2D eigenvalue weighted by atomic mass is 9.88. The van der Waals surface area contributed by atoms with Crippen molar-refractivity contribution in [2.45, 2.75) is 150 Å². The summed E-state index contributed by atoms with van der Waals surface area (Å²) >= 11 is 0. The Hall–Kier alpha value is -1.39. The normalized spacial score (nSPS) is 26.3. The first kappa shape index (κ1) is 29.6. The molecule has 1 saturated heterocycles. The van der Waals surface area contributed by atoms with E-state index in [4.69, 9.17) is 4.74 Å². The Morgan fingerprint density at radius 1 is 0.818 bits per heavy atom. The van der Waals surface area contributed by atoms with Gasteiger partial charge in [0.2, 0.25) is 0 Å². The Labute approximate surface area is 203 Å². The lowest BCUT2D eigenvalue weighted by Gasteiger charge is -2.36. The van der Waals surface area contributed by atoms with Gasteiger partial charge in [0, 0.05) is 12.0 Å². The van der Waals surface area contributed by atoms with Gasteiger partial charge in [-0.05, 0) is 72.6 Å². The molecule has 2 fully saturated rings. The smallest absolute Gasteiger partial charge is 0.411 e. The summed E-state index contributed by atoms with van der Waals surface area (Å²) in [4.78, 5) is 37.5. The third-order valence-electron chi connectivity index (χ3n) is 6.99. The van der Waals surface area contributed by atoms with Crippen molar-refractivity contribution in [1.82, 2.24) is 4.90 Å². The summed E-state index contributed by atoms with van der Waals surface area (Å²) in [6, 6.07) is -0.185. The summed E-state index contributed by atoms with van der Waals surface area (Å²) in [7, 11) is 0. The van der Waals surface area contributed by atoms with Crippen LogP contribution in [0.15, 0.2) is 0 Å². The first-order chi connectivity index (χ1) is 15.5. The second-order valence-electron chi connectivity index (χ2n) is 11.2. The van der Waals surface area contributed by atoms with E-state index >= 15 is 0 Å². The van der Waals surface area contributed by atoms with Crippen molar-refractivity contribution in [1.29, 1.82) is 0 Å². The quantitative estimate of drug-likeness (QED) is 0.381. The summed E-state index contributed by atoms with van der Waals surface area (Å²) in [6.07, 6.45) is 14.3. The first-order valence-corrected chi connectivity index (χ1v) is 13.5. The van der Waals surface area contributed by atoms with Gasteiger partial charge in [-0.3, -0.25) is 14.5 Å². The molecule has 1 aliphatic heterocycles. The van der Waals surface area contributed by atoms with E-state index in [1.165, 1.54) is 38.5 Å². The van der Waals surface area contributed by atoms with E-state index in [-0.39, 0.29) is 24.0 Å². The number of ketones is 2. The maximum absolute atomic E-state index is 12.5. The zero-order valence-corrected chi connectivity index (χ0v) is 22.6. The van der Waals surface area contributed by atoms with Gasteiger partial charge in [-0.2, -0.15) is 0 Å². The maximum atomic E-state index is 12.5. The van der Waals surface area contributed by atoms with Gasteiger partial charge >= 0.3 is 6.09 Å². The van der Waals surface area contributed by atoms with Gasteiger partial charge in [0.05, 0.1) is 6.04 Å². The van der Waals surface area contributed by atoms with E-state index in [0.29, 0.717) is 11.7 Å². The van der Waals surface area contributed by atoms with E-state index in [1.54, 1.807) is 18.7 Å². The van der Waals surface area contributed by atoms with Crippen LogP contribution in [0.2, 0.25) is 0 Å². The molecule has 2 aliphatic rings. The molecule has 33 heavy (non-hydrogen) atoms. The molecular weight excluding hydrogens is 414 g/mol. The lowest BCUT2D eigenvalue weighted by Crippen LogP contribution is -2.50. The predicted molar refractivity (Wildman–Crippen MR) is 135 cm³/mol. The number of Topliss-reactive ketones (excluding diaryl/α,β-unsaturated/α-hetero) is 2. The number of carbonyl (C=O) groups excluding carboxylic acids is 3. The molecule has 1 amide bonds. The van der Waals surface area contributed by atoms with E-state index in [1.807, 2.05) is 20.8 Å². The van der Waals surface area contributed by atoms with E-state index < -0.39 is 5.60 Å². The van der Waals surface area contributed by atoms with Gasteiger partial charge < -0.3 is 4.74 Å². The van der Waals surface area contributed by atoms with E-state index in [2.05, 4.69) is 13.8 Å². The van der Waals surface area contributed by atoms with Gasteiger partial charge in [0.15, 0.2) is 5.78 Å². The van der Waals surface area contributed by atoms with Crippen LogP contribution in [-0.4, -0.2) is 40.2 Å². The highest BCUT2D eigenvalue weighted by atomic mass is 16.6. The fourth-order valence-corrected chi connectivity index (χ4v) is 5.36. The Bertz CT molecular complexity index is 610. The molecule has 5 heteroatoms. The number of ether oxygens (including phenoxy) is 1. The fourth-order valence-electron chi connectivity index (χ4n) is 5.36. The monoisotopic (exact) mass is 465 g/mol.